The summed E-state index contributed by atoms with van der Waals surface area (Å²) in [6.45, 7) is 1.23. The molecule has 7 heteroatoms. The number of halogens is 1. The molecule has 1 aliphatic heterocycles. The SMILES string of the molecule is O=C(Nc1ccc(C(=O)O)c(Cl)c1)NC1CCCOC1. The number of carbonyl (C=O) groups is 2. The van der Waals surface area contributed by atoms with Gasteiger partial charge in [-0.25, -0.2) is 9.59 Å². The van der Waals surface area contributed by atoms with Crippen LogP contribution in [0.25, 0.3) is 0 Å². The number of benzene rings is 1. The minimum atomic E-state index is -1.11. The van der Waals surface area contributed by atoms with Crippen molar-refractivity contribution < 1.29 is 19.4 Å². The predicted octanol–water partition coefficient (Wildman–Crippen LogP) is 2.34. The molecule has 0 aliphatic carbocycles. The molecular formula is C13H15ClN2O4. The summed E-state index contributed by atoms with van der Waals surface area (Å²) in [5.41, 5.74) is 0.438. The Labute approximate surface area is 121 Å². The first kappa shape index (κ1) is 14.6. The molecule has 0 radical (unpaired) electrons. The number of carbonyl (C=O) groups excluding carboxylic acids is 1. The lowest BCUT2D eigenvalue weighted by molar-refractivity contribution is 0.0697. The van der Waals surface area contributed by atoms with Crippen LogP contribution in [0.3, 0.4) is 0 Å². The Morgan fingerprint density at radius 2 is 2.20 bits per heavy atom. The number of anilines is 1. The fourth-order valence-corrected chi connectivity index (χ4v) is 2.23. The first-order valence-electron chi connectivity index (χ1n) is 6.24. The number of ether oxygens (including phenoxy) is 1. The van der Waals surface area contributed by atoms with Gasteiger partial charge < -0.3 is 20.5 Å². The number of carboxylic acids is 1. The van der Waals surface area contributed by atoms with Crippen LogP contribution in [0.15, 0.2) is 18.2 Å². The van der Waals surface area contributed by atoms with Gasteiger partial charge in [0.2, 0.25) is 0 Å². The van der Waals surface area contributed by atoms with Gasteiger partial charge in [-0.2, -0.15) is 0 Å². The smallest absolute Gasteiger partial charge is 0.337 e. The molecule has 1 fully saturated rings. The molecule has 108 valence electrons. The molecular weight excluding hydrogens is 284 g/mol. The molecule has 2 rings (SSSR count). The molecule has 3 N–H and O–H groups in total. The first-order chi connectivity index (χ1) is 9.56. The monoisotopic (exact) mass is 298 g/mol. The van der Waals surface area contributed by atoms with E-state index in [-0.39, 0.29) is 22.7 Å². The Balaban J connectivity index is 1.93. The fourth-order valence-electron chi connectivity index (χ4n) is 1.97. The molecule has 0 bridgehead atoms. The molecule has 1 saturated heterocycles. The number of nitrogens with one attached hydrogen (secondary N) is 2. The van der Waals surface area contributed by atoms with Crippen molar-refractivity contribution in [1.29, 1.82) is 0 Å². The highest BCUT2D eigenvalue weighted by atomic mass is 35.5. The van der Waals surface area contributed by atoms with E-state index in [2.05, 4.69) is 10.6 Å². The van der Waals surface area contributed by atoms with Gasteiger partial charge in [-0.15, -0.1) is 0 Å². The topological polar surface area (TPSA) is 87.7 Å². The summed E-state index contributed by atoms with van der Waals surface area (Å²) >= 11 is 5.83. The summed E-state index contributed by atoms with van der Waals surface area (Å²) in [5, 5.41) is 14.3. The molecule has 1 aromatic rings. The van der Waals surface area contributed by atoms with Crippen LogP contribution in [0, 0.1) is 0 Å². The maximum absolute atomic E-state index is 11.8. The fraction of sp³-hybridized carbons (Fsp3) is 0.385. The zero-order valence-corrected chi connectivity index (χ0v) is 11.4. The Morgan fingerprint density at radius 1 is 1.40 bits per heavy atom. The summed E-state index contributed by atoms with van der Waals surface area (Å²) in [5.74, 6) is -1.11. The lowest BCUT2D eigenvalue weighted by atomic mass is 10.1. The van der Waals surface area contributed by atoms with E-state index in [0.29, 0.717) is 12.3 Å². The zero-order chi connectivity index (χ0) is 14.5. The van der Waals surface area contributed by atoms with Gasteiger partial charge in [-0.1, -0.05) is 11.6 Å². The van der Waals surface area contributed by atoms with E-state index >= 15 is 0 Å². The Morgan fingerprint density at radius 3 is 2.80 bits per heavy atom. The van der Waals surface area contributed by atoms with Crippen LogP contribution < -0.4 is 10.6 Å². The highest BCUT2D eigenvalue weighted by Gasteiger charge is 2.16. The summed E-state index contributed by atoms with van der Waals surface area (Å²) in [6.07, 6.45) is 1.80. The summed E-state index contributed by atoms with van der Waals surface area (Å²) in [6, 6.07) is 3.88. The average molecular weight is 299 g/mol. The lowest BCUT2D eigenvalue weighted by Crippen LogP contribution is -2.42. The number of hydrogen-bond donors (Lipinski definition) is 3. The number of amides is 2. The minimum absolute atomic E-state index is 0.00157. The average Bonchev–Trinajstić information content (AvgIpc) is 2.39. The third-order valence-electron chi connectivity index (χ3n) is 2.95. The van der Waals surface area contributed by atoms with Gasteiger partial charge in [0.05, 0.1) is 23.2 Å². The van der Waals surface area contributed by atoms with Crippen LogP contribution in [0.5, 0.6) is 0 Å². The lowest BCUT2D eigenvalue weighted by Gasteiger charge is -2.23. The number of carboxylic acid groups (broad SMARTS) is 1. The summed E-state index contributed by atoms with van der Waals surface area (Å²) in [4.78, 5) is 22.6. The van der Waals surface area contributed by atoms with E-state index in [0.717, 1.165) is 19.4 Å². The van der Waals surface area contributed by atoms with Crippen molar-refractivity contribution in [3.05, 3.63) is 28.8 Å². The molecule has 1 unspecified atom stereocenters. The van der Waals surface area contributed by atoms with Crippen LogP contribution in [-0.2, 0) is 4.74 Å². The Hall–Kier alpha value is -1.79. The highest BCUT2D eigenvalue weighted by molar-refractivity contribution is 6.33. The van der Waals surface area contributed by atoms with Crippen molar-refractivity contribution in [2.75, 3.05) is 18.5 Å². The third kappa shape index (κ3) is 3.85. The van der Waals surface area contributed by atoms with Crippen molar-refractivity contribution in [3.8, 4) is 0 Å². The Bertz CT molecular complexity index is 515. The van der Waals surface area contributed by atoms with E-state index in [1.807, 2.05) is 0 Å². The van der Waals surface area contributed by atoms with E-state index in [4.69, 9.17) is 21.4 Å². The summed E-state index contributed by atoms with van der Waals surface area (Å²) in [7, 11) is 0. The predicted molar refractivity (Wildman–Crippen MR) is 74.4 cm³/mol. The molecule has 1 atom stereocenters. The van der Waals surface area contributed by atoms with Crippen molar-refractivity contribution in [2.24, 2.45) is 0 Å². The second kappa shape index (κ2) is 6.58. The molecule has 0 saturated carbocycles. The van der Waals surface area contributed by atoms with Crippen LogP contribution in [-0.4, -0.2) is 36.4 Å². The molecule has 1 aliphatic rings. The van der Waals surface area contributed by atoms with Gasteiger partial charge in [-0.05, 0) is 31.0 Å². The highest BCUT2D eigenvalue weighted by Crippen LogP contribution is 2.21. The van der Waals surface area contributed by atoms with Crippen molar-refractivity contribution in [3.63, 3.8) is 0 Å². The van der Waals surface area contributed by atoms with Gasteiger partial charge in [0, 0.05) is 12.3 Å². The number of rotatable bonds is 3. The van der Waals surface area contributed by atoms with Gasteiger partial charge in [0.15, 0.2) is 0 Å². The zero-order valence-electron chi connectivity index (χ0n) is 10.7. The van der Waals surface area contributed by atoms with E-state index in [9.17, 15) is 9.59 Å². The largest absolute Gasteiger partial charge is 0.478 e. The molecule has 20 heavy (non-hydrogen) atoms. The van der Waals surface area contributed by atoms with Gasteiger partial charge >= 0.3 is 12.0 Å². The number of hydrogen-bond acceptors (Lipinski definition) is 3. The minimum Gasteiger partial charge on any atom is -0.478 e. The van der Waals surface area contributed by atoms with Crippen LogP contribution in [0.1, 0.15) is 23.2 Å². The molecule has 2 amide bonds. The van der Waals surface area contributed by atoms with E-state index in [1.54, 1.807) is 0 Å². The maximum Gasteiger partial charge on any atom is 0.337 e. The molecule has 1 aromatic carbocycles. The molecule has 6 nitrogen and oxygen atoms in total. The van der Waals surface area contributed by atoms with Crippen LogP contribution in [0.4, 0.5) is 10.5 Å². The third-order valence-corrected chi connectivity index (χ3v) is 3.27. The second-order valence-corrected chi connectivity index (χ2v) is 4.92. The van der Waals surface area contributed by atoms with Crippen molar-refractivity contribution in [1.82, 2.24) is 5.32 Å². The maximum atomic E-state index is 11.8. The van der Waals surface area contributed by atoms with Gasteiger partial charge in [0.1, 0.15) is 0 Å². The molecule has 1 heterocycles. The first-order valence-corrected chi connectivity index (χ1v) is 6.62. The van der Waals surface area contributed by atoms with E-state index < -0.39 is 5.97 Å². The molecule has 0 aromatic heterocycles. The van der Waals surface area contributed by atoms with Crippen LogP contribution in [0.2, 0.25) is 5.02 Å². The molecule has 0 spiro atoms. The van der Waals surface area contributed by atoms with Crippen molar-refractivity contribution in [2.45, 2.75) is 18.9 Å². The standard InChI is InChI=1S/C13H15ClN2O4/c14-11-6-8(3-4-10(11)12(17)18)15-13(19)16-9-2-1-5-20-7-9/h3-4,6,9H,1-2,5,7H2,(H,17,18)(H2,15,16,19). The Kier molecular flexibility index (Phi) is 4.81. The van der Waals surface area contributed by atoms with Gasteiger partial charge in [-0.3, -0.25) is 0 Å². The van der Waals surface area contributed by atoms with Gasteiger partial charge in [0.25, 0.3) is 0 Å². The van der Waals surface area contributed by atoms with Crippen LogP contribution >= 0.6 is 11.6 Å². The van der Waals surface area contributed by atoms with Crippen molar-refractivity contribution >= 4 is 29.3 Å². The number of aromatic carboxylic acids is 1. The normalized spacial score (nSPS) is 18.4. The van der Waals surface area contributed by atoms with E-state index in [1.165, 1.54) is 18.2 Å². The second-order valence-electron chi connectivity index (χ2n) is 4.51. The summed E-state index contributed by atoms with van der Waals surface area (Å²) < 4.78 is 5.27. The number of urea groups is 1. The quantitative estimate of drug-likeness (QED) is 0.799.